The number of halogens is 1. The molecule has 1 rings (SSSR count). The Balaban J connectivity index is 2.22. The summed E-state index contributed by atoms with van der Waals surface area (Å²) in [5.74, 6) is -0.294. The molecule has 4 heteroatoms. The fraction of sp³-hybridized carbons (Fsp3) is 0.571. The molecule has 102 valence electrons. The molecular formula is C14H24FN3. The van der Waals surface area contributed by atoms with E-state index in [-0.39, 0.29) is 5.82 Å². The maximum Gasteiger partial charge on any atom is 0.127 e. The third kappa shape index (κ3) is 5.36. The first-order valence-electron chi connectivity index (χ1n) is 6.49. The second-order valence-electron chi connectivity index (χ2n) is 4.98. The zero-order chi connectivity index (χ0) is 13.5. The minimum absolute atomic E-state index is 0.294. The van der Waals surface area contributed by atoms with Crippen LogP contribution in [-0.2, 0) is 0 Å². The number of anilines is 2. The highest BCUT2D eigenvalue weighted by atomic mass is 19.1. The van der Waals surface area contributed by atoms with E-state index in [0.717, 1.165) is 31.6 Å². The third-order valence-corrected chi connectivity index (χ3v) is 3.07. The van der Waals surface area contributed by atoms with Gasteiger partial charge in [-0.1, -0.05) is 0 Å². The number of unbranched alkanes of at least 4 members (excludes halogenated alkanes) is 1. The molecular weight excluding hydrogens is 229 g/mol. The van der Waals surface area contributed by atoms with Crippen molar-refractivity contribution < 1.29 is 4.39 Å². The minimum Gasteiger partial charge on any atom is -0.399 e. The third-order valence-electron chi connectivity index (χ3n) is 3.07. The molecule has 18 heavy (non-hydrogen) atoms. The van der Waals surface area contributed by atoms with E-state index in [1.165, 1.54) is 12.1 Å². The summed E-state index contributed by atoms with van der Waals surface area (Å²) in [4.78, 5) is 2.32. The van der Waals surface area contributed by atoms with Crippen LogP contribution >= 0.6 is 0 Å². The molecule has 0 aliphatic rings. The lowest BCUT2D eigenvalue weighted by Crippen LogP contribution is -2.27. The topological polar surface area (TPSA) is 41.3 Å². The van der Waals surface area contributed by atoms with Crippen LogP contribution in [0.1, 0.15) is 26.7 Å². The number of benzene rings is 1. The summed E-state index contributed by atoms with van der Waals surface area (Å²) in [7, 11) is 2.13. The van der Waals surface area contributed by atoms with Crippen molar-refractivity contribution in [3.8, 4) is 0 Å². The molecule has 0 unspecified atom stereocenters. The van der Waals surface area contributed by atoms with Crippen molar-refractivity contribution in [2.75, 3.05) is 31.2 Å². The van der Waals surface area contributed by atoms with Crippen LogP contribution in [0.15, 0.2) is 18.2 Å². The SMILES string of the molecule is CC(C)N(C)CCCCNc1cc(N)cc(F)c1. The fourth-order valence-electron chi connectivity index (χ4n) is 1.69. The van der Waals surface area contributed by atoms with E-state index in [2.05, 4.69) is 31.1 Å². The Morgan fingerprint density at radius 2 is 2.00 bits per heavy atom. The number of nitrogens with zero attached hydrogens (tertiary/aromatic N) is 1. The van der Waals surface area contributed by atoms with Gasteiger partial charge in [-0.25, -0.2) is 4.39 Å². The van der Waals surface area contributed by atoms with Gasteiger partial charge < -0.3 is 16.0 Å². The summed E-state index contributed by atoms with van der Waals surface area (Å²) in [6, 6.07) is 5.13. The van der Waals surface area contributed by atoms with E-state index in [1.54, 1.807) is 6.07 Å². The normalized spacial score (nSPS) is 11.2. The van der Waals surface area contributed by atoms with E-state index in [9.17, 15) is 4.39 Å². The van der Waals surface area contributed by atoms with Crippen molar-refractivity contribution in [1.29, 1.82) is 0 Å². The number of nitrogens with one attached hydrogen (secondary N) is 1. The van der Waals surface area contributed by atoms with Crippen LogP contribution in [0.5, 0.6) is 0 Å². The molecule has 0 saturated heterocycles. The Bertz CT molecular complexity index is 346. The van der Waals surface area contributed by atoms with E-state index >= 15 is 0 Å². The van der Waals surface area contributed by atoms with Gasteiger partial charge in [-0.05, 0) is 58.5 Å². The first-order chi connectivity index (χ1) is 8.49. The Morgan fingerprint density at radius 3 is 2.61 bits per heavy atom. The van der Waals surface area contributed by atoms with Gasteiger partial charge in [-0.3, -0.25) is 0 Å². The molecule has 0 aliphatic heterocycles. The van der Waals surface area contributed by atoms with Crippen LogP contribution in [0.3, 0.4) is 0 Å². The van der Waals surface area contributed by atoms with Gasteiger partial charge in [0.25, 0.3) is 0 Å². The largest absolute Gasteiger partial charge is 0.399 e. The van der Waals surface area contributed by atoms with E-state index in [4.69, 9.17) is 5.73 Å². The summed E-state index contributed by atoms with van der Waals surface area (Å²) < 4.78 is 13.1. The number of rotatable bonds is 7. The fourth-order valence-corrected chi connectivity index (χ4v) is 1.69. The van der Waals surface area contributed by atoms with Crippen molar-refractivity contribution in [1.82, 2.24) is 4.90 Å². The smallest absolute Gasteiger partial charge is 0.127 e. The zero-order valence-corrected chi connectivity index (χ0v) is 11.5. The molecule has 3 N–H and O–H groups in total. The molecule has 0 radical (unpaired) electrons. The predicted octanol–water partition coefficient (Wildman–Crippen LogP) is 2.94. The second kappa shape index (κ2) is 7.21. The average Bonchev–Trinajstić information content (AvgIpc) is 2.26. The summed E-state index contributed by atoms with van der Waals surface area (Å²) in [5, 5.41) is 3.19. The van der Waals surface area contributed by atoms with Gasteiger partial charge in [0.05, 0.1) is 0 Å². The molecule has 0 amide bonds. The Hall–Kier alpha value is -1.29. The number of hydrogen-bond donors (Lipinski definition) is 2. The van der Waals surface area contributed by atoms with Gasteiger partial charge in [-0.15, -0.1) is 0 Å². The lowest BCUT2D eigenvalue weighted by molar-refractivity contribution is 0.269. The quantitative estimate of drug-likeness (QED) is 0.580. The van der Waals surface area contributed by atoms with Gasteiger partial charge in [0, 0.05) is 24.0 Å². The molecule has 0 aromatic heterocycles. The highest BCUT2D eigenvalue weighted by Gasteiger charge is 2.02. The van der Waals surface area contributed by atoms with Crippen molar-refractivity contribution in [3.05, 3.63) is 24.0 Å². The van der Waals surface area contributed by atoms with Crippen LogP contribution in [0.25, 0.3) is 0 Å². The first kappa shape index (κ1) is 14.8. The van der Waals surface area contributed by atoms with Gasteiger partial charge in [-0.2, -0.15) is 0 Å². The monoisotopic (exact) mass is 253 g/mol. The maximum atomic E-state index is 13.1. The molecule has 1 aromatic rings. The van der Waals surface area contributed by atoms with Crippen LogP contribution in [0.4, 0.5) is 15.8 Å². The Labute approximate surface area is 109 Å². The van der Waals surface area contributed by atoms with Crippen LogP contribution in [0, 0.1) is 5.82 Å². The Morgan fingerprint density at radius 1 is 1.28 bits per heavy atom. The Kier molecular flexibility index (Phi) is 5.92. The summed E-state index contributed by atoms with van der Waals surface area (Å²) >= 11 is 0. The standard InChI is InChI=1S/C14H24FN3/c1-11(2)18(3)7-5-4-6-17-14-9-12(15)8-13(16)10-14/h8-11,17H,4-7,16H2,1-3H3. The lowest BCUT2D eigenvalue weighted by Gasteiger charge is -2.20. The maximum absolute atomic E-state index is 13.1. The molecule has 0 spiro atoms. The summed E-state index contributed by atoms with van der Waals surface area (Å²) in [6.45, 7) is 6.31. The first-order valence-corrected chi connectivity index (χ1v) is 6.49. The lowest BCUT2D eigenvalue weighted by atomic mass is 10.2. The molecule has 0 atom stereocenters. The number of hydrogen-bond acceptors (Lipinski definition) is 3. The molecule has 0 aliphatic carbocycles. The van der Waals surface area contributed by atoms with Crippen molar-refractivity contribution in [2.45, 2.75) is 32.7 Å². The van der Waals surface area contributed by atoms with E-state index < -0.39 is 0 Å². The van der Waals surface area contributed by atoms with Crippen LogP contribution in [-0.4, -0.2) is 31.1 Å². The van der Waals surface area contributed by atoms with Crippen molar-refractivity contribution >= 4 is 11.4 Å². The summed E-state index contributed by atoms with van der Waals surface area (Å²) in [6.07, 6.45) is 2.19. The van der Waals surface area contributed by atoms with Gasteiger partial charge in [0.2, 0.25) is 0 Å². The van der Waals surface area contributed by atoms with E-state index in [1.807, 2.05) is 0 Å². The van der Waals surface area contributed by atoms with Crippen molar-refractivity contribution in [3.63, 3.8) is 0 Å². The number of nitrogen functional groups attached to an aromatic ring is 1. The van der Waals surface area contributed by atoms with Crippen LogP contribution < -0.4 is 11.1 Å². The molecule has 0 fully saturated rings. The molecule has 0 saturated carbocycles. The molecule has 1 aromatic carbocycles. The molecule has 3 nitrogen and oxygen atoms in total. The number of nitrogens with two attached hydrogens (primary N) is 1. The van der Waals surface area contributed by atoms with Gasteiger partial charge >= 0.3 is 0 Å². The molecule has 0 bridgehead atoms. The zero-order valence-electron chi connectivity index (χ0n) is 11.5. The minimum atomic E-state index is -0.294. The molecule has 0 heterocycles. The van der Waals surface area contributed by atoms with Crippen molar-refractivity contribution in [2.24, 2.45) is 0 Å². The predicted molar refractivity (Wildman–Crippen MR) is 76.3 cm³/mol. The van der Waals surface area contributed by atoms with Gasteiger partial charge in [0.15, 0.2) is 0 Å². The van der Waals surface area contributed by atoms with E-state index in [0.29, 0.717) is 11.7 Å². The highest BCUT2D eigenvalue weighted by molar-refractivity contribution is 5.54. The van der Waals surface area contributed by atoms with Gasteiger partial charge in [0.1, 0.15) is 5.82 Å². The van der Waals surface area contributed by atoms with Crippen LogP contribution in [0.2, 0.25) is 0 Å². The second-order valence-corrected chi connectivity index (χ2v) is 4.98. The highest BCUT2D eigenvalue weighted by Crippen LogP contribution is 2.15. The summed E-state index contributed by atoms with van der Waals surface area (Å²) in [5.41, 5.74) is 6.79. The average molecular weight is 253 g/mol.